The number of unbranched alkanes of at least 4 members (excludes halogenated alkanes) is 1. The first-order valence-corrected chi connectivity index (χ1v) is 5.93. The van der Waals surface area contributed by atoms with Crippen molar-refractivity contribution < 1.29 is 9.45 Å². The summed E-state index contributed by atoms with van der Waals surface area (Å²) in [5, 5.41) is 3.32. The van der Waals surface area contributed by atoms with Crippen molar-refractivity contribution in [3.8, 4) is 0 Å². The summed E-state index contributed by atoms with van der Waals surface area (Å²) in [6, 6.07) is 0.481. The Morgan fingerprint density at radius 3 is 2.53 bits per heavy atom. The molecule has 1 unspecified atom stereocenters. The molecule has 0 rings (SSSR count). The predicted molar refractivity (Wildman–Crippen MR) is 65.4 cm³/mol. The van der Waals surface area contributed by atoms with Gasteiger partial charge in [-0.3, -0.25) is 4.79 Å². The summed E-state index contributed by atoms with van der Waals surface area (Å²) in [4.78, 5) is 11.4. The van der Waals surface area contributed by atoms with E-state index in [2.05, 4.69) is 26.1 Å². The molecule has 0 bridgehead atoms. The molecule has 0 aliphatic carbocycles. The van der Waals surface area contributed by atoms with Gasteiger partial charge in [-0.2, -0.15) is 0 Å². The Labute approximate surface area is 94.4 Å². The van der Waals surface area contributed by atoms with Gasteiger partial charge < -0.3 is 9.97 Å². The molecule has 0 aliphatic rings. The molecule has 0 aromatic carbocycles. The third kappa shape index (κ3) is 7.43. The van der Waals surface area contributed by atoms with Crippen LogP contribution in [-0.4, -0.2) is 26.6 Å². The lowest BCUT2D eigenvalue weighted by Gasteiger charge is -2.16. The Morgan fingerprint density at radius 2 is 2.07 bits per heavy atom. The molecular weight excluding hydrogens is 189 g/mol. The fourth-order valence-electron chi connectivity index (χ4n) is 1.54. The monoisotopic (exact) mass is 213 g/mol. The van der Waals surface area contributed by atoms with Gasteiger partial charge in [0, 0.05) is 6.04 Å². The molecule has 0 amide bonds. The van der Waals surface area contributed by atoms with Gasteiger partial charge in [-0.25, -0.2) is 0 Å². The second-order valence-corrected chi connectivity index (χ2v) is 4.26. The third-order valence-electron chi connectivity index (χ3n) is 2.49. The molecule has 1 N–H and O–H groups in total. The lowest BCUT2D eigenvalue weighted by Crippen LogP contribution is -2.28. The molecule has 0 aromatic rings. The van der Waals surface area contributed by atoms with Crippen LogP contribution in [0, 0.1) is 5.92 Å². The SMILES string of the molecule is BOC(=O)C(CCCC)CCNC(C)C. The van der Waals surface area contributed by atoms with Crippen molar-refractivity contribution in [2.24, 2.45) is 5.92 Å². The van der Waals surface area contributed by atoms with Crippen LogP contribution in [0.5, 0.6) is 0 Å². The van der Waals surface area contributed by atoms with Crippen molar-refractivity contribution in [3.05, 3.63) is 0 Å². The molecule has 0 radical (unpaired) electrons. The first-order chi connectivity index (χ1) is 7.11. The van der Waals surface area contributed by atoms with Crippen LogP contribution in [0.15, 0.2) is 0 Å². The van der Waals surface area contributed by atoms with E-state index in [0.717, 1.165) is 32.2 Å². The number of carbonyl (C=O) groups is 1. The molecule has 0 aromatic heterocycles. The van der Waals surface area contributed by atoms with Gasteiger partial charge in [-0.1, -0.05) is 33.6 Å². The average Bonchev–Trinajstić information content (AvgIpc) is 2.21. The second kappa shape index (κ2) is 8.78. The third-order valence-corrected chi connectivity index (χ3v) is 2.49. The highest BCUT2D eigenvalue weighted by molar-refractivity contribution is 6.05. The lowest BCUT2D eigenvalue weighted by atomic mass is 9.98. The molecule has 15 heavy (non-hydrogen) atoms. The van der Waals surface area contributed by atoms with Crippen molar-refractivity contribution in [1.82, 2.24) is 5.32 Å². The Kier molecular flexibility index (Phi) is 8.48. The Morgan fingerprint density at radius 1 is 1.40 bits per heavy atom. The Bertz CT molecular complexity index is 174. The van der Waals surface area contributed by atoms with E-state index in [4.69, 9.17) is 4.65 Å². The van der Waals surface area contributed by atoms with Gasteiger partial charge in [-0.05, 0) is 19.4 Å². The molecule has 88 valence electrons. The minimum Gasteiger partial charge on any atom is -0.543 e. The average molecular weight is 213 g/mol. The van der Waals surface area contributed by atoms with E-state index in [1.807, 2.05) is 0 Å². The van der Waals surface area contributed by atoms with Crippen LogP contribution in [0.2, 0.25) is 0 Å². The van der Waals surface area contributed by atoms with Crippen LogP contribution < -0.4 is 5.32 Å². The first-order valence-electron chi connectivity index (χ1n) is 5.93. The molecule has 0 fully saturated rings. The van der Waals surface area contributed by atoms with Gasteiger partial charge in [0.15, 0.2) is 0 Å². The second-order valence-electron chi connectivity index (χ2n) is 4.26. The number of hydrogen-bond acceptors (Lipinski definition) is 3. The maximum absolute atomic E-state index is 11.4. The van der Waals surface area contributed by atoms with E-state index >= 15 is 0 Å². The van der Waals surface area contributed by atoms with Crippen LogP contribution in [0.1, 0.15) is 46.5 Å². The van der Waals surface area contributed by atoms with Gasteiger partial charge in [-0.15, -0.1) is 0 Å². The highest BCUT2D eigenvalue weighted by atomic mass is 16.5. The summed E-state index contributed by atoms with van der Waals surface area (Å²) in [5.41, 5.74) is 0. The van der Waals surface area contributed by atoms with Crippen molar-refractivity contribution in [3.63, 3.8) is 0 Å². The fourth-order valence-corrected chi connectivity index (χ4v) is 1.54. The number of rotatable bonds is 8. The van der Waals surface area contributed by atoms with Crippen LogP contribution in [0.3, 0.4) is 0 Å². The summed E-state index contributed by atoms with van der Waals surface area (Å²) >= 11 is 0. The first kappa shape index (κ1) is 14.5. The molecule has 0 spiro atoms. The molecule has 0 saturated carbocycles. The maximum atomic E-state index is 11.4. The minimum atomic E-state index is -0.0611. The van der Waals surface area contributed by atoms with Gasteiger partial charge >= 0.3 is 8.05 Å². The van der Waals surface area contributed by atoms with E-state index in [-0.39, 0.29) is 11.9 Å². The molecule has 0 heterocycles. The molecule has 0 aliphatic heterocycles. The topological polar surface area (TPSA) is 38.3 Å². The zero-order chi connectivity index (χ0) is 11.7. The molecule has 4 heteroatoms. The summed E-state index contributed by atoms with van der Waals surface area (Å²) in [5.74, 6) is 0.00945. The molecular formula is C11H24BNO2. The van der Waals surface area contributed by atoms with Gasteiger partial charge in [0.05, 0.1) is 5.92 Å². The van der Waals surface area contributed by atoms with E-state index < -0.39 is 0 Å². The van der Waals surface area contributed by atoms with Crippen molar-refractivity contribution in [2.45, 2.75) is 52.5 Å². The zero-order valence-corrected chi connectivity index (χ0v) is 10.5. The molecule has 3 nitrogen and oxygen atoms in total. The highest BCUT2D eigenvalue weighted by Crippen LogP contribution is 2.13. The minimum absolute atomic E-state index is 0.0611. The maximum Gasteiger partial charge on any atom is 0.325 e. The lowest BCUT2D eigenvalue weighted by molar-refractivity contribution is -0.139. The predicted octanol–water partition coefficient (Wildman–Crippen LogP) is 1.27. The summed E-state index contributed by atoms with van der Waals surface area (Å²) in [6.45, 7) is 7.25. The van der Waals surface area contributed by atoms with Crippen molar-refractivity contribution >= 4 is 14.0 Å². The van der Waals surface area contributed by atoms with E-state index in [0.29, 0.717) is 6.04 Å². The molecule has 1 atom stereocenters. The van der Waals surface area contributed by atoms with Gasteiger partial charge in [0.2, 0.25) is 0 Å². The summed E-state index contributed by atoms with van der Waals surface area (Å²) in [7, 11) is 1.47. The smallest absolute Gasteiger partial charge is 0.325 e. The largest absolute Gasteiger partial charge is 0.543 e. The standard InChI is InChI=1S/C11H24BNO2/c1-4-5-6-10(11(14)15-12)7-8-13-9(2)3/h9-10,13H,4-8,12H2,1-3H3. The van der Waals surface area contributed by atoms with Crippen molar-refractivity contribution in [2.75, 3.05) is 6.54 Å². The highest BCUT2D eigenvalue weighted by Gasteiger charge is 2.17. The molecule has 0 saturated heterocycles. The van der Waals surface area contributed by atoms with E-state index in [1.165, 1.54) is 8.05 Å². The van der Waals surface area contributed by atoms with Gasteiger partial charge in [0.1, 0.15) is 0 Å². The Balaban J connectivity index is 3.84. The summed E-state index contributed by atoms with van der Waals surface area (Å²) < 4.78 is 4.80. The quantitative estimate of drug-likeness (QED) is 0.617. The van der Waals surface area contributed by atoms with E-state index in [9.17, 15) is 4.79 Å². The normalized spacial score (nSPS) is 12.8. The Hall–Kier alpha value is -0.505. The number of carbonyl (C=O) groups excluding carboxylic acids is 1. The van der Waals surface area contributed by atoms with Gasteiger partial charge in [0.25, 0.3) is 5.97 Å². The zero-order valence-electron chi connectivity index (χ0n) is 10.5. The number of nitrogens with one attached hydrogen (secondary N) is 1. The van der Waals surface area contributed by atoms with Crippen LogP contribution in [-0.2, 0) is 9.45 Å². The fraction of sp³-hybridized carbons (Fsp3) is 0.909. The summed E-state index contributed by atoms with van der Waals surface area (Å²) in [6.07, 6.45) is 4.06. The van der Waals surface area contributed by atoms with Crippen LogP contribution >= 0.6 is 0 Å². The van der Waals surface area contributed by atoms with Crippen LogP contribution in [0.4, 0.5) is 0 Å². The number of hydrogen-bond donors (Lipinski definition) is 1. The van der Waals surface area contributed by atoms with E-state index in [1.54, 1.807) is 0 Å². The van der Waals surface area contributed by atoms with Crippen molar-refractivity contribution in [1.29, 1.82) is 0 Å². The van der Waals surface area contributed by atoms with Crippen LogP contribution in [0.25, 0.3) is 0 Å².